The van der Waals surface area contributed by atoms with Gasteiger partial charge in [-0.25, -0.2) is 0 Å². The number of pyridine rings is 1. The molecule has 0 radical (unpaired) electrons. The highest BCUT2D eigenvalue weighted by molar-refractivity contribution is 5.30. The van der Waals surface area contributed by atoms with Crippen molar-refractivity contribution < 1.29 is 0 Å². The van der Waals surface area contributed by atoms with Gasteiger partial charge in [0.1, 0.15) is 0 Å². The lowest BCUT2D eigenvalue weighted by Crippen LogP contribution is -2.30. The Morgan fingerprint density at radius 1 is 1.06 bits per heavy atom. The van der Waals surface area contributed by atoms with Crippen LogP contribution in [0, 0.1) is 11.3 Å². The van der Waals surface area contributed by atoms with Gasteiger partial charge in [-0.3, -0.25) is 10.3 Å². The first kappa shape index (κ1) is 12.3. The third-order valence-corrected chi connectivity index (χ3v) is 2.78. The van der Waals surface area contributed by atoms with Gasteiger partial charge in [-0.05, 0) is 30.2 Å². The van der Waals surface area contributed by atoms with Gasteiger partial charge >= 0.3 is 0 Å². The number of hydrogen-bond acceptors (Lipinski definition) is 3. The van der Waals surface area contributed by atoms with Crippen LogP contribution in [-0.4, -0.2) is 11.0 Å². The van der Waals surface area contributed by atoms with Crippen molar-refractivity contribution in [3.63, 3.8) is 0 Å². The maximum atomic E-state index is 8.95. The molecule has 1 aromatic carbocycles. The third-order valence-electron chi connectivity index (χ3n) is 2.78. The van der Waals surface area contributed by atoms with E-state index in [4.69, 9.17) is 5.26 Å². The molecule has 1 aromatic heterocycles. The molecule has 3 nitrogen and oxygen atoms in total. The van der Waals surface area contributed by atoms with Crippen LogP contribution in [0.25, 0.3) is 0 Å². The second-order valence-corrected chi connectivity index (χ2v) is 4.14. The molecule has 0 amide bonds. The molecule has 0 saturated heterocycles. The van der Waals surface area contributed by atoms with Crippen LogP contribution in [0.2, 0.25) is 0 Å². The maximum Gasteiger partial charge on any atom is 0.0931 e. The van der Waals surface area contributed by atoms with Crippen molar-refractivity contribution in [2.24, 2.45) is 0 Å². The molecule has 0 fully saturated rings. The van der Waals surface area contributed by atoms with Gasteiger partial charge in [-0.1, -0.05) is 30.3 Å². The Morgan fingerprint density at radius 2 is 1.67 bits per heavy atom. The molecule has 0 aliphatic heterocycles. The van der Waals surface area contributed by atoms with E-state index in [0.29, 0.717) is 0 Å². The Balaban J connectivity index is 2.33. The van der Waals surface area contributed by atoms with Crippen molar-refractivity contribution in [2.75, 3.05) is 0 Å². The minimum absolute atomic E-state index is 0.0175. The fraction of sp³-hybridized carbons (Fsp3) is 0.200. The normalized spacial score (nSPS) is 13.6. The largest absolute Gasteiger partial charge is 0.291 e. The Bertz CT molecular complexity index is 477. The van der Waals surface area contributed by atoms with Crippen LogP contribution >= 0.6 is 0 Å². The summed E-state index contributed by atoms with van der Waals surface area (Å²) in [6, 6.07) is 16.1. The molecule has 0 saturated carbocycles. The smallest absolute Gasteiger partial charge is 0.0931 e. The second-order valence-electron chi connectivity index (χ2n) is 4.14. The van der Waals surface area contributed by atoms with Gasteiger partial charge in [0.05, 0.1) is 18.2 Å². The number of nitriles is 1. The first-order valence-corrected chi connectivity index (χ1v) is 5.92. The maximum absolute atomic E-state index is 8.95. The van der Waals surface area contributed by atoms with Crippen molar-refractivity contribution in [3.8, 4) is 6.07 Å². The lowest BCUT2D eigenvalue weighted by Gasteiger charge is -2.21. The summed E-state index contributed by atoms with van der Waals surface area (Å²) in [6.07, 6.45) is 3.54. The van der Waals surface area contributed by atoms with E-state index in [2.05, 4.69) is 28.5 Å². The summed E-state index contributed by atoms with van der Waals surface area (Å²) in [6.45, 7) is 1.86. The Labute approximate surface area is 107 Å². The van der Waals surface area contributed by atoms with E-state index >= 15 is 0 Å². The van der Waals surface area contributed by atoms with Crippen molar-refractivity contribution >= 4 is 0 Å². The number of nitrogens with one attached hydrogen (secondary N) is 1. The van der Waals surface area contributed by atoms with E-state index < -0.39 is 0 Å². The summed E-state index contributed by atoms with van der Waals surface area (Å²) in [7, 11) is 0. The predicted molar refractivity (Wildman–Crippen MR) is 70.7 cm³/mol. The van der Waals surface area contributed by atoms with E-state index in [0.717, 1.165) is 11.1 Å². The Hall–Kier alpha value is -2.18. The average molecular weight is 237 g/mol. The first-order valence-electron chi connectivity index (χ1n) is 5.92. The predicted octanol–water partition coefficient (Wildman–Crippen LogP) is 2.67. The lowest BCUT2D eigenvalue weighted by atomic mass is 9.99. The molecule has 1 N–H and O–H groups in total. The summed E-state index contributed by atoms with van der Waals surface area (Å²) in [4.78, 5) is 4.03. The number of nitrogens with zero attached hydrogens (tertiary/aromatic N) is 2. The minimum Gasteiger partial charge on any atom is -0.291 e. The SMILES string of the molecule is CC(C#N)NC(c1ccccc1)c1ccncc1. The molecule has 2 rings (SSSR count). The van der Waals surface area contributed by atoms with Gasteiger partial charge in [0.2, 0.25) is 0 Å². The zero-order valence-corrected chi connectivity index (χ0v) is 10.2. The van der Waals surface area contributed by atoms with E-state index in [1.807, 2.05) is 37.3 Å². The van der Waals surface area contributed by atoms with Crippen LogP contribution in [0.4, 0.5) is 0 Å². The van der Waals surface area contributed by atoms with Crippen molar-refractivity contribution in [1.82, 2.24) is 10.3 Å². The van der Waals surface area contributed by atoms with Crippen LogP contribution in [0.1, 0.15) is 24.1 Å². The average Bonchev–Trinajstić information content (AvgIpc) is 2.46. The van der Waals surface area contributed by atoms with Gasteiger partial charge in [-0.2, -0.15) is 5.26 Å². The summed E-state index contributed by atoms with van der Waals surface area (Å²) in [5.41, 5.74) is 2.25. The zero-order valence-electron chi connectivity index (χ0n) is 10.2. The van der Waals surface area contributed by atoms with Crippen molar-refractivity contribution in [2.45, 2.75) is 19.0 Å². The number of benzene rings is 1. The molecular weight excluding hydrogens is 222 g/mol. The standard InChI is InChI=1S/C15H15N3/c1-12(11-16)18-15(13-5-3-2-4-6-13)14-7-9-17-10-8-14/h2-10,12,15,18H,1H3. The molecule has 2 unspecified atom stereocenters. The minimum atomic E-state index is -0.205. The van der Waals surface area contributed by atoms with Crippen LogP contribution < -0.4 is 5.32 Å². The molecule has 1 heterocycles. The van der Waals surface area contributed by atoms with Crippen LogP contribution in [0.15, 0.2) is 54.9 Å². The monoisotopic (exact) mass is 237 g/mol. The lowest BCUT2D eigenvalue weighted by molar-refractivity contribution is 0.569. The molecule has 2 aromatic rings. The quantitative estimate of drug-likeness (QED) is 0.889. The van der Waals surface area contributed by atoms with Crippen LogP contribution in [0.5, 0.6) is 0 Å². The molecular formula is C15H15N3. The number of aromatic nitrogens is 1. The highest BCUT2D eigenvalue weighted by Crippen LogP contribution is 2.21. The first-order chi connectivity index (χ1) is 8.81. The molecule has 90 valence electrons. The molecule has 3 heteroatoms. The summed E-state index contributed by atoms with van der Waals surface area (Å²) < 4.78 is 0. The fourth-order valence-electron chi connectivity index (χ4n) is 1.87. The van der Waals surface area contributed by atoms with E-state index in [1.54, 1.807) is 12.4 Å². The van der Waals surface area contributed by atoms with Gasteiger partial charge in [0.15, 0.2) is 0 Å². The third kappa shape index (κ3) is 2.93. The summed E-state index contributed by atoms with van der Waals surface area (Å²) >= 11 is 0. The fourth-order valence-corrected chi connectivity index (χ4v) is 1.87. The highest BCUT2D eigenvalue weighted by Gasteiger charge is 2.15. The summed E-state index contributed by atoms with van der Waals surface area (Å²) in [5, 5.41) is 12.3. The molecule has 0 bridgehead atoms. The van der Waals surface area contributed by atoms with E-state index in [-0.39, 0.29) is 12.1 Å². The van der Waals surface area contributed by atoms with Crippen LogP contribution in [-0.2, 0) is 0 Å². The molecule has 0 aliphatic carbocycles. The van der Waals surface area contributed by atoms with Gasteiger partial charge < -0.3 is 0 Å². The zero-order chi connectivity index (χ0) is 12.8. The van der Waals surface area contributed by atoms with Crippen LogP contribution in [0.3, 0.4) is 0 Å². The van der Waals surface area contributed by atoms with Gasteiger partial charge in [0.25, 0.3) is 0 Å². The summed E-state index contributed by atoms with van der Waals surface area (Å²) in [5.74, 6) is 0. The molecule has 2 atom stereocenters. The van der Waals surface area contributed by atoms with E-state index in [9.17, 15) is 0 Å². The Kier molecular flexibility index (Phi) is 4.06. The van der Waals surface area contributed by atoms with Gasteiger partial charge in [0, 0.05) is 12.4 Å². The second kappa shape index (κ2) is 5.95. The molecule has 0 aliphatic rings. The number of rotatable bonds is 4. The molecule has 18 heavy (non-hydrogen) atoms. The topological polar surface area (TPSA) is 48.7 Å². The molecule has 0 spiro atoms. The van der Waals surface area contributed by atoms with Gasteiger partial charge in [-0.15, -0.1) is 0 Å². The van der Waals surface area contributed by atoms with Crippen molar-refractivity contribution in [3.05, 3.63) is 66.0 Å². The highest BCUT2D eigenvalue weighted by atomic mass is 14.9. The Morgan fingerprint density at radius 3 is 2.28 bits per heavy atom. The number of hydrogen-bond donors (Lipinski definition) is 1. The van der Waals surface area contributed by atoms with Crippen molar-refractivity contribution in [1.29, 1.82) is 5.26 Å². The van der Waals surface area contributed by atoms with E-state index in [1.165, 1.54) is 0 Å².